The van der Waals surface area contributed by atoms with Crippen LogP contribution in [0.3, 0.4) is 0 Å². The van der Waals surface area contributed by atoms with Crippen molar-refractivity contribution in [1.82, 2.24) is 5.32 Å². The van der Waals surface area contributed by atoms with Crippen LogP contribution in [0, 0.1) is 5.92 Å². The fourth-order valence-electron chi connectivity index (χ4n) is 3.25. The number of para-hydroxylation sites is 1. The smallest absolute Gasteiger partial charge is 0.253 e. The van der Waals surface area contributed by atoms with Crippen LogP contribution < -0.4 is 16.0 Å². The van der Waals surface area contributed by atoms with Gasteiger partial charge in [-0.05, 0) is 24.5 Å². The highest BCUT2D eigenvalue weighted by Crippen LogP contribution is 2.29. The van der Waals surface area contributed by atoms with Crippen molar-refractivity contribution in [1.29, 1.82) is 0 Å². The third kappa shape index (κ3) is 2.89. The minimum Gasteiger partial charge on any atom is -0.382 e. The molecule has 0 radical (unpaired) electrons. The first-order chi connectivity index (χ1) is 9.84. The van der Waals surface area contributed by atoms with Gasteiger partial charge in [0.1, 0.15) is 0 Å². The first-order valence-electron chi connectivity index (χ1n) is 7.73. The molecular formula is C16H23N3O. The summed E-state index contributed by atoms with van der Waals surface area (Å²) in [6.07, 6.45) is 6.51. The zero-order valence-corrected chi connectivity index (χ0v) is 11.9. The van der Waals surface area contributed by atoms with E-state index in [2.05, 4.69) is 16.0 Å². The van der Waals surface area contributed by atoms with Gasteiger partial charge in [0.15, 0.2) is 0 Å². The molecule has 3 rings (SSSR count). The fourth-order valence-corrected chi connectivity index (χ4v) is 3.25. The monoisotopic (exact) mass is 273 g/mol. The third-order valence-corrected chi connectivity index (χ3v) is 4.36. The van der Waals surface area contributed by atoms with E-state index in [0.29, 0.717) is 0 Å². The van der Waals surface area contributed by atoms with Crippen molar-refractivity contribution in [3.05, 3.63) is 23.8 Å². The Balaban J connectivity index is 1.59. The van der Waals surface area contributed by atoms with Crippen LogP contribution in [0.4, 0.5) is 11.4 Å². The van der Waals surface area contributed by atoms with E-state index in [9.17, 15) is 4.79 Å². The van der Waals surface area contributed by atoms with Crippen molar-refractivity contribution < 1.29 is 4.79 Å². The number of hydrogen-bond donors (Lipinski definition) is 3. The molecule has 20 heavy (non-hydrogen) atoms. The Morgan fingerprint density at radius 3 is 2.85 bits per heavy atom. The molecule has 1 amide bonds. The number of benzene rings is 1. The molecule has 0 atom stereocenters. The molecule has 1 saturated carbocycles. The van der Waals surface area contributed by atoms with Crippen LogP contribution >= 0.6 is 0 Å². The lowest BCUT2D eigenvalue weighted by molar-refractivity contribution is 0.0952. The van der Waals surface area contributed by atoms with Gasteiger partial charge in [0.2, 0.25) is 0 Å². The fraction of sp³-hybridized carbons (Fsp3) is 0.562. The lowest BCUT2D eigenvalue weighted by atomic mass is 10.0. The molecular weight excluding hydrogens is 250 g/mol. The van der Waals surface area contributed by atoms with Gasteiger partial charge in [0.05, 0.1) is 16.9 Å². The van der Waals surface area contributed by atoms with Crippen molar-refractivity contribution in [2.45, 2.75) is 32.1 Å². The normalized spacial score (nSPS) is 18.0. The molecule has 1 fully saturated rings. The number of rotatable bonds is 4. The number of carbonyl (C=O) groups is 1. The van der Waals surface area contributed by atoms with Crippen molar-refractivity contribution in [3.63, 3.8) is 0 Å². The summed E-state index contributed by atoms with van der Waals surface area (Å²) in [4.78, 5) is 12.3. The molecule has 108 valence electrons. The summed E-state index contributed by atoms with van der Waals surface area (Å²) in [6, 6.07) is 5.84. The van der Waals surface area contributed by atoms with Gasteiger partial charge in [0.25, 0.3) is 5.91 Å². The predicted octanol–water partition coefficient (Wildman–Crippen LogP) is 2.83. The molecule has 3 N–H and O–H groups in total. The van der Waals surface area contributed by atoms with Crippen molar-refractivity contribution in [2.24, 2.45) is 5.92 Å². The average Bonchev–Trinajstić information content (AvgIpc) is 3.00. The van der Waals surface area contributed by atoms with Gasteiger partial charge in [0, 0.05) is 19.6 Å². The second-order valence-corrected chi connectivity index (χ2v) is 5.78. The van der Waals surface area contributed by atoms with E-state index in [-0.39, 0.29) is 5.91 Å². The number of anilines is 2. The second kappa shape index (κ2) is 6.16. The van der Waals surface area contributed by atoms with Gasteiger partial charge >= 0.3 is 0 Å². The molecule has 1 aliphatic carbocycles. The molecule has 0 aromatic heterocycles. The Hall–Kier alpha value is -1.71. The Morgan fingerprint density at radius 1 is 1.20 bits per heavy atom. The maximum atomic E-state index is 12.3. The van der Waals surface area contributed by atoms with E-state index in [1.165, 1.54) is 25.7 Å². The predicted molar refractivity (Wildman–Crippen MR) is 82.3 cm³/mol. The third-order valence-electron chi connectivity index (χ3n) is 4.36. The zero-order chi connectivity index (χ0) is 13.8. The number of fused-ring (bicyclic) bond motifs is 1. The second-order valence-electron chi connectivity index (χ2n) is 5.78. The van der Waals surface area contributed by atoms with E-state index in [4.69, 9.17) is 0 Å². The molecule has 4 nitrogen and oxygen atoms in total. The van der Waals surface area contributed by atoms with Crippen LogP contribution in [0.1, 0.15) is 42.5 Å². The van der Waals surface area contributed by atoms with E-state index in [1.807, 2.05) is 18.2 Å². The van der Waals surface area contributed by atoms with Crippen LogP contribution in [0.15, 0.2) is 18.2 Å². The number of amides is 1. The van der Waals surface area contributed by atoms with Gasteiger partial charge in [-0.2, -0.15) is 0 Å². The summed E-state index contributed by atoms with van der Waals surface area (Å²) in [5.74, 6) is 0.857. The first kappa shape index (κ1) is 13.3. The highest BCUT2D eigenvalue weighted by atomic mass is 16.1. The first-order valence-corrected chi connectivity index (χ1v) is 7.73. The van der Waals surface area contributed by atoms with Gasteiger partial charge in [-0.25, -0.2) is 0 Å². The molecule has 0 bridgehead atoms. The van der Waals surface area contributed by atoms with E-state index < -0.39 is 0 Å². The van der Waals surface area contributed by atoms with Crippen LogP contribution in [0.2, 0.25) is 0 Å². The molecule has 0 saturated heterocycles. The van der Waals surface area contributed by atoms with Crippen molar-refractivity contribution >= 4 is 17.3 Å². The maximum absolute atomic E-state index is 12.3. The van der Waals surface area contributed by atoms with Crippen LogP contribution in [0.5, 0.6) is 0 Å². The van der Waals surface area contributed by atoms with Gasteiger partial charge in [-0.3, -0.25) is 4.79 Å². The Labute approximate surface area is 120 Å². The number of carbonyl (C=O) groups excluding carboxylic acids is 1. The lowest BCUT2D eigenvalue weighted by Gasteiger charge is -2.22. The molecule has 1 aromatic carbocycles. The van der Waals surface area contributed by atoms with Crippen molar-refractivity contribution in [3.8, 4) is 0 Å². The lowest BCUT2D eigenvalue weighted by Crippen LogP contribution is -2.29. The average molecular weight is 273 g/mol. The Morgan fingerprint density at radius 2 is 2.00 bits per heavy atom. The topological polar surface area (TPSA) is 53.2 Å². The highest BCUT2D eigenvalue weighted by molar-refractivity contribution is 6.02. The minimum absolute atomic E-state index is 0.0380. The van der Waals surface area contributed by atoms with Crippen LogP contribution in [-0.4, -0.2) is 25.5 Å². The molecule has 0 unspecified atom stereocenters. The van der Waals surface area contributed by atoms with E-state index in [0.717, 1.165) is 48.9 Å². The highest BCUT2D eigenvalue weighted by Gasteiger charge is 2.18. The SMILES string of the molecule is O=C(NCCC1CCCC1)c1cccc2c1NCCN2. The summed E-state index contributed by atoms with van der Waals surface area (Å²) < 4.78 is 0. The zero-order valence-electron chi connectivity index (χ0n) is 11.9. The molecule has 1 aliphatic heterocycles. The van der Waals surface area contributed by atoms with Gasteiger partial charge < -0.3 is 16.0 Å². The van der Waals surface area contributed by atoms with Crippen LogP contribution in [-0.2, 0) is 0 Å². The summed E-state index contributed by atoms with van der Waals surface area (Å²) in [7, 11) is 0. The quantitative estimate of drug-likeness (QED) is 0.790. The summed E-state index contributed by atoms with van der Waals surface area (Å²) in [6.45, 7) is 2.56. The standard InChI is InChI=1S/C16H23N3O/c20-16(19-9-8-12-4-1-2-5-12)13-6-3-7-14-15(13)18-11-10-17-14/h3,6-7,12,17-18H,1-2,4-5,8-11H2,(H,19,20). The summed E-state index contributed by atoms with van der Waals surface area (Å²) in [5, 5.41) is 9.71. The maximum Gasteiger partial charge on any atom is 0.253 e. The van der Waals surface area contributed by atoms with E-state index >= 15 is 0 Å². The van der Waals surface area contributed by atoms with Gasteiger partial charge in [-0.15, -0.1) is 0 Å². The summed E-state index contributed by atoms with van der Waals surface area (Å²) >= 11 is 0. The number of nitrogens with one attached hydrogen (secondary N) is 3. The van der Waals surface area contributed by atoms with Crippen molar-refractivity contribution in [2.75, 3.05) is 30.3 Å². The number of hydrogen-bond acceptors (Lipinski definition) is 3. The molecule has 2 aliphatic rings. The summed E-state index contributed by atoms with van der Waals surface area (Å²) in [5.41, 5.74) is 2.72. The van der Waals surface area contributed by atoms with Gasteiger partial charge in [-0.1, -0.05) is 31.7 Å². The van der Waals surface area contributed by atoms with Crippen LogP contribution in [0.25, 0.3) is 0 Å². The molecule has 1 aromatic rings. The molecule has 0 spiro atoms. The molecule has 4 heteroatoms. The Kier molecular flexibility index (Phi) is 4.09. The molecule has 1 heterocycles. The minimum atomic E-state index is 0.0380. The largest absolute Gasteiger partial charge is 0.382 e. The van der Waals surface area contributed by atoms with E-state index in [1.54, 1.807) is 0 Å². The Bertz CT molecular complexity index is 481.